The van der Waals surface area contributed by atoms with E-state index in [0.717, 1.165) is 10.1 Å². The zero-order chi connectivity index (χ0) is 19.1. The molecule has 0 unspecified atom stereocenters. The number of rotatable bonds is 7. The summed E-state index contributed by atoms with van der Waals surface area (Å²) in [6.07, 6.45) is 3.30. The minimum absolute atomic E-state index is 0.235. The van der Waals surface area contributed by atoms with Gasteiger partial charge in [-0.2, -0.15) is 0 Å². The van der Waals surface area contributed by atoms with Gasteiger partial charge in [0.1, 0.15) is 11.4 Å². The summed E-state index contributed by atoms with van der Waals surface area (Å²) < 4.78 is 5.95. The highest BCUT2D eigenvalue weighted by molar-refractivity contribution is 6.01. The summed E-state index contributed by atoms with van der Waals surface area (Å²) in [5.41, 5.74) is 4.60. The number of aromatic amines is 1. The van der Waals surface area contributed by atoms with Gasteiger partial charge in [-0.3, -0.25) is 19.1 Å². The van der Waals surface area contributed by atoms with Crippen LogP contribution < -0.4 is 17.0 Å². The molecule has 0 saturated heterocycles. The van der Waals surface area contributed by atoms with Crippen molar-refractivity contribution in [2.45, 2.75) is 19.9 Å². The minimum atomic E-state index is -0.902. The fraction of sp³-hybridized carbons (Fsp3) is 0.222. The Bertz CT molecular complexity index is 942. The molecule has 136 valence electrons. The molecule has 8 heteroatoms. The minimum Gasteiger partial charge on any atom is -0.454 e. The third-order valence-electron chi connectivity index (χ3n) is 3.52. The van der Waals surface area contributed by atoms with Crippen LogP contribution in [0.2, 0.25) is 0 Å². The van der Waals surface area contributed by atoms with Crippen LogP contribution in [-0.2, 0) is 16.1 Å². The number of hydrogen-bond donors (Lipinski definition) is 2. The number of carbonyl (C=O) groups excluding carboxylic acids is 2. The molecular weight excluding hydrogens is 338 g/mol. The highest BCUT2D eigenvalue weighted by atomic mass is 16.5. The smallest absolute Gasteiger partial charge is 0.331 e. The zero-order valence-electron chi connectivity index (χ0n) is 14.2. The highest BCUT2D eigenvalue weighted by Gasteiger charge is 2.20. The monoisotopic (exact) mass is 357 g/mol. The summed E-state index contributed by atoms with van der Waals surface area (Å²) in [7, 11) is 0. The number of aromatic nitrogens is 2. The third kappa shape index (κ3) is 4.56. The lowest BCUT2D eigenvalue weighted by Gasteiger charge is -2.10. The predicted octanol–water partition coefficient (Wildman–Crippen LogP) is 0.968. The lowest BCUT2D eigenvalue weighted by atomic mass is 10.2. The number of Topliss-reactive ketones (excluding diaryl/α,β-unsaturated/α-hetero) is 1. The molecule has 2 rings (SSSR count). The lowest BCUT2D eigenvalue weighted by Crippen LogP contribution is -2.37. The van der Waals surface area contributed by atoms with Crippen molar-refractivity contribution in [2.24, 2.45) is 0 Å². The van der Waals surface area contributed by atoms with Gasteiger partial charge < -0.3 is 10.5 Å². The molecule has 2 aromatic rings. The molecule has 0 spiro atoms. The predicted molar refractivity (Wildman–Crippen MR) is 96.8 cm³/mol. The van der Waals surface area contributed by atoms with Crippen LogP contribution in [0.25, 0.3) is 6.08 Å². The van der Waals surface area contributed by atoms with E-state index in [4.69, 9.17) is 10.5 Å². The largest absolute Gasteiger partial charge is 0.454 e. The number of nitrogens with two attached hydrogens (primary N) is 1. The van der Waals surface area contributed by atoms with Gasteiger partial charge >= 0.3 is 11.7 Å². The second-order valence-electron chi connectivity index (χ2n) is 5.45. The Morgan fingerprint density at radius 2 is 1.92 bits per heavy atom. The van der Waals surface area contributed by atoms with Crippen molar-refractivity contribution >= 4 is 23.6 Å². The molecule has 3 N–H and O–H groups in total. The Morgan fingerprint density at radius 1 is 1.23 bits per heavy atom. The molecule has 1 heterocycles. The molecule has 0 radical (unpaired) electrons. The first-order valence-corrected chi connectivity index (χ1v) is 7.99. The summed E-state index contributed by atoms with van der Waals surface area (Å²) in [6.45, 7) is 1.41. The molecular formula is C18H19N3O5. The van der Waals surface area contributed by atoms with E-state index in [0.29, 0.717) is 6.42 Å². The van der Waals surface area contributed by atoms with Gasteiger partial charge in [-0.25, -0.2) is 9.59 Å². The van der Waals surface area contributed by atoms with Gasteiger partial charge in [-0.15, -0.1) is 0 Å². The van der Waals surface area contributed by atoms with E-state index in [1.807, 2.05) is 30.1 Å². The molecule has 0 aliphatic carbocycles. The summed E-state index contributed by atoms with van der Waals surface area (Å²) in [6, 6.07) is 9.07. The van der Waals surface area contributed by atoms with Crippen molar-refractivity contribution in [1.29, 1.82) is 0 Å². The standard InChI is InChI=1S/C18H19N3O5/c1-2-10-21-16(19)15(17(24)20-18(21)25)13(22)11-26-14(23)9-8-12-6-4-3-5-7-12/h3-9H,2,10-11,19H2,1H3,(H,20,24,25)/b9-8+. The van der Waals surface area contributed by atoms with Crippen molar-refractivity contribution in [3.63, 3.8) is 0 Å². The van der Waals surface area contributed by atoms with Crippen LogP contribution in [-0.4, -0.2) is 27.9 Å². The first-order valence-electron chi connectivity index (χ1n) is 7.99. The van der Waals surface area contributed by atoms with Crippen LogP contribution in [0.15, 0.2) is 46.0 Å². The number of carbonyl (C=O) groups is 2. The van der Waals surface area contributed by atoms with Crippen LogP contribution >= 0.6 is 0 Å². The second-order valence-corrected chi connectivity index (χ2v) is 5.45. The number of anilines is 1. The van der Waals surface area contributed by atoms with Crippen molar-refractivity contribution in [3.05, 3.63) is 68.4 Å². The SMILES string of the molecule is CCCn1c(N)c(C(=O)COC(=O)/C=C/c2ccccc2)c(=O)[nH]c1=O. The molecule has 0 atom stereocenters. The van der Waals surface area contributed by atoms with Crippen LogP contribution in [0.3, 0.4) is 0 Å². The van der Waals surface area contributed by atoms with Crippen LogP contribution in [0.1, 0.15) is 29.3 Å². The number of ether oxygens (including phenoxy) is 1. The van der Waals surface area contributed by atoms with E-state index >= 15 is 0 Å². The number of ketones is 1. The first-order chi connectivity index (χ1) is 12.4. The molecule has 0 amide bonds. The number of H-pyrrole nitrogens is 1. The Kier molecular flexibility index (Phi) is 6.26. The summed E-state index contributed by atoms with van der Waals surface area (Å²) in [5, 5.41) is 0. The van der Waals surface area contributed by atoms with Crippen molar-refractivity contribution in [2.75, 3.05) is 12.3 Å². The summed E-state index contributed by atoms with van der Waals surface area (Å²) in [4.78, 5) is 49.6. The third-order valence-corrected chi connectivity index (χ3v) is 3.52. The van der Waals surface area contributed by atoms with Gasteiger partial charge in [-0.1, -0.05) is 37.3 Å². The maximum Gasteiger partial charge on any atom is 0.331 e. The van der Waals surface area contributed by atoms with Crippen LogP contribution in [0.5, 0.6) is 0 Å². The molecule has 0 saturated carbocycles. The van der Waals surface area contributed by atoms with E-state index in [9.17, 15) is 19.2 Å². The molecule has 26 heavy (non-hydrogen) atoms. The number of nitrogens with zero attached hydrogens (tertiary/aromatic N) is 1. The van der Waals surface area contributed by atoms with E-state index < -0.39 is 35.2 Å². The zero-order valence-corrected chi connectivity index (χ0v) is 14.2. The number of benzene rings is 1. The topological polar surface area (TPSA) is 124 Å². The van der Waals surface area contributed by atoms with Gasteiger partial charge in [0.05, 0.1) is 0 Å². The molecule has 1 aromatic carbocycles. The van der Waals surface area contributed by atoms with Gasteiger partial charge in [0, 0.05) is 12.6 Å². The van der Waals surface area contributed by atoms with Crippen LogP contribution in [0, 0.1) is 0 Å². The van der Waals surface area contributed by atoms with Gasteiger partial charge in [0.2, 0.25) is 5.78 Å². The molecule has 8 nitrogen and oxygen atoms in total. The van der Waals surface area contributed by atoms with Crippen molar-refractivity contribution in [1.82, 2.24) is 9.55 Å². The van der Waals surface area contributed by atoms with E-state index in [-0.39, 0.29) is 12.4 Å². The number of nitrogens with one attached hydrogen (secondary N) is 1. The molecule has 0 aliphatic heterocycles. The average molecular weight is 357 g/mol. The fourth-order valence-electron chi connectivity index (χ4n) is 2.29. The number of hydrogen-bond acceptors (Lipinski definition) is 6. The van der Waals surface area contributed by atoms with E-state index in [1.165, 1.54) is 12.2 Å². The summed E-state index contributed by atoms with van der Waals surface area (Å²) in [5.74, 6) is -1.75. The number of nitrogen functional groups attached to an aromatic ring is 1. The summed E-state index contributed by atoms with van der Waals surface area (Å²) >= 11 is 0. The Balaban J connectivity index is 2.09. The molecule has 0 aliphatic rings. The van der Waals surface area contributed by atoms with E-state index in [1.54, 1.807) is 12.1 Å². The second kappa shape index (κ2) is 8.61. The lowest BCUT2D eigenvalue weighted by molar-refractivity contribution is -0.136. The van der Waals surface area contributed by atoms with Crippen molar-refractivity contribution in [3.8, 4) is 0 Å². The first kappa shape index (κ1) is 18.9. The normalized spacial score (nSPS) is 10.8. The fourth-order valence-corrected chi connectivity index (χ4v) is 2.29. The van der Waals surface area contributed by atoms with Gasteiger partial charge in [0.25, 0.3) is 5.56 Å². The van der Waals surface area contributed by atoms with Gasteiger partial charge in [0.15, 0.2) is 6.61 Å². The number of esters is 1. The maximum atomic E-state index is 12.2. The molecule has 0 bridgehead atoms. The quantitative estimate of drug-likeness (QED) is 0.432. The van der Waals surface area contributed by atoms with E-state index in [2.05, 4.69) is 0 Å². The highest BCUT2D eigenvalue weighted by Crippen LogP contribution is 2.06. The molecule has 1 aromatic heterocycles. The molecule has 0 fully saturated rings. The maximum absolute atomic E-state index is 12.2. The Morgan fingerprint density at radius 3 is 2.58 bits per heavy atom. The average Bonchev–Trinajstić information content (AvgIpc) is 2.62. The Hall–Kier alpha value is -3.42. The van der Waals surface area contributed by atoms with Crippen LogP contribution in [0.4, 0.5) is 5.82 Å². The van der Waals surface area contributed by atoms with Crippen molar-refractivity contribution < 1.29 is 14.3 Å². The Labute approximate surface area is 148 Å². The van der Waals surface area contributed by atoms with Gasteiger partial charge in [-0.05, 0) is 18.1 Å².